The van der Waals surface area contributed by atoms with Gasteiger partial charge in [-0.05, 0) is 36.5 Å². The molecule has 1 aromatic heterocycles. The van der Waals surface area contributed by atoms with Gasteiger partial charge in [-0.1, -0.05) is 24.6 Å². The van der Waals surface area contributed by atoms with Gasteiger partial charge in [-0.2, -0.15) is 0 Å². The van der Waals surface area contributed by atoms with Crippen molar-refractivity contribution in [2.45, 2.75) is 44.6 Å². The van der Waals surface area contributed by atoms with Gasteiger partial charge in [-0.15, -0.1) is 0 Å². The van der Waals surface area contributed by atoms with Crippen LogP contribution in [-0.4, -0.2) is 71.0 Å². The summed E-state index contributed by atoms with van der Waals surface area (Å²) in [5.41, 5.74) is 2.63. The lowest BCUT2D eigenvalue weighted by Gasteiger charge is -2.43. The zero-order chi connectivity index (χ0) is 21.2. The standard InChI is InChI=1S/C24H30FN5O/c25-21-7-2-1-4-18(21)16-23(31)29-10-8-19-17-26-24(27-22(19)9-11-29)30-14-12-28(13-15-30)20-5-3-6-20/h1-2,4,7,17,20H,3,5-6,8-16H2. The summed E-state index contributed by atoms with van der Waals surface area (Å²) in [5.74, 6) is 0.471. The Morgan fingerprint density at radius 3 is 2.55 bits per heavy atom. The number of amides is 1. The summed E-state index contributed by atoms with van der Waals surface area (Å²) < 4.78 is 13.9. The maximum atomic E-state index is 13.9. The number of carbonyl (C=O) groups excluding carboxylic acids is 1. The second-order valence-electron chi connectivity index (χ2n) is 8.90. The molecule has 7 heteroatoms. The van der Waals surface area contributed by atoms with E-state index < -0.39 is 0 Å². The Balaban J connectivity index is 1.20. The third-order valence-electron chi connectivity index (χ3n) is 7.05. The molecule has 2 fully saturated rings. The molecule has 0 N–H and O–H groups in total. The zero-order valence-corrected chi connectivity index (χ0v) is 18.0. The largest absolute Gasteiger partial charge is 0.342 e. The minimum atomic E-state index is -0.318. The first kappa shape index (κ1) is 20.4. The number of halogens is 1. The van der Waals surface area contributed by atoms with Crippen molar-refractivity contribution >= 4 is 11.9 Å². The van der Waals surface area contributed by atoms with Crippen LogP contribution in [0.15, 0.2) is 30.5 Å². The average Bonchev–Trinajstić information content (AvgIpc) is 2.97. The number of carbonyl (C=O) groups is 1. The summed E-state index contributed by atoms with van der Waals surface area (Å²) in [5, 5.41) is 0. The van der Waals surface area contributed by atoms with Gasteiger partial charge in [0.1, 0.15) is 5.82 Å². The van der Waals surface area contributed by atoms with Crippen LogP contribution in [-0.2, 0) is 24.1 Å². The fourth-order valence-corrected chi connectivity index (χ4v) is 4.82. The number of nitrogens with zero attached hydrogens (tertiary/aromatic N) is 5. The predicted molar refractivity (Wildman–Crippen MR) is 118 cm³/mol. The molecule has 1 amide bonds. The molecule has 2 aromatic rings. The summed E-state index contributed by atoms with van der Waals surface area (Å²) in [6.45, 7) is 5.37. The van der Waals surface area contributed by atoms with Crippen LogP contribution in [0.25, 0.3) is 0 Å². The molecule has 1 aromatic carbocycles. The monoisotopic (exact) mass is 423 g/mol. The van der Waals surface area contributed by atoms with Crippen molar-refractivity contribution in [1.82, 2.24) is 19.8 Å². The molecule has 2 aliphatic heterocycles. The molecule has 6 nitrogen and oxygen atoms in total. The van der Waals surface area contributed by atoms with E-state index in [-0.39, 0.29) is 18.1 Å². The van der Waals surface area contributed by atoms with Gasteiger partial charge in [0, 0.05) is 57.9 Å². The highest BCUT2D eigenvalue weighted by molar-refractivity contribution is 5.79. The minimum Gasteiger partial charge on any atom is -0.342 e. The van der Waals surface area contributed by atoms with Gasteiger partial charge in [0.05, 0.1) is 12.1 Å². The lowest BCUT2D eigenvalue weighted by Crippen LogP contribution is -2.52. The number of hydrogen-bond donors (Lipinski definition) is 0. The Morgan fingerprint density at radius 1 is 1.03 bits per heavy atom. The normalized spacial score (nSPS) is 20.2. The van der Waals surface area contributed by atoms with Gasteiger partial charge in [0.2, 0.25) is 11.9 Å². The number of rotatable bonds is 4. The van der Waals surface area contributed by atoms with E-state index in [0.717, 1.165) is 62.3 Å². The highest BCUT2D eigenvalue weighted by atomic mass is 19.1. The van der Waals surface area contributed by atoms with Crippen molar-refractivity contribution in [3.63, 3.8) is 0 Å². The molecular weight excluding hydrogens is 393 g/mol. The van der Waals surface area contributed by atoms with Crippen LogP contribution in [0.5, 0.6) is 0 Å². The van der Waals surface area contributed by atoms with Crippen molar-refractivity contribution in [1.29, 1.82) is 0 Å². The molecule has 1 saturated carbocycles. The van der Waals surface area contributed by atoms with Crippen LogP contribution in [0, 0.1) is 5.82 Å². The number of piperazine rings is 1. The molecular formula is C24H30FN5O. The van der Waals surface area contributed by atoms with E-state index >= 15 is 0 Å². The van der Waals surface area contributed by atoms with Crippen LogP contribution in [0.4, 0.5) is 10.3 Å². The summed E-state index contributed by atoms with van der Waals surface area (Å²) in [7, 11) is 0. The third-order valence-corrected chi connectivity index (χ3v) is 7.05. The first-order chi connectivity index (χ1) is 15.2. The third kappa shape index (κ3) is 4.42. The van der Waals surface area contributed by atoms with Crippen LogP contribution >= 0.6 is 0 Å². The number of aromatic nitrogens is 2. The van der Waals surface area contributed by atoms with Crippen molar-refractivity contribution in [3.05, 3.63) is 53.1 Å². The summed E-state index contributed by atoms with van der Waals surface area (Å²) in [6, 6.07) is 7.30. The minimum absolute atomic E-state index is 0.0294. The molecule has 0 unspecified atom stereocenters. The van der Waals surface area contributed by atoms with E-state index in [1.165, 1.54) is 25.3 Å². The lowest BCUT2D eigenvalue weighted by atomic mass is 9.91. The molecule has 0 spiro atoms. The zero-order valence-electron chi connectivity index (χ0n) is 18.0. The SMILES string of the molecule is O=C(Cc1ccccc1F)N1CCc2cnc(N3CCN(C4CCC4)CC3)nc2CC1. The van der Waals surface area contributed by atoms with Gasteiger partial charge < -0.3 is 9.80 Å². The van der Waals surface area contributed by atoms with E-state index in [0.29, 0.717) is 18.7 Å². The molecule has 0 bridgehead atoms. The summed E-state index contributed by atoms with van der Waals surface area (Å²) >= 11 is 0. The first-order valence-electron chi connectivity index (χ1n) is 11.5. The van der Waals surface area contributed by atoms with Crippen molar-refractivity contribution in [2.75, 3.05) is 44.2 Å². The molecule has 1 aliphatic carbocycles. The van der Waals surface area contributed by atoms with Crippen LogP contribution in [0.3, 0.4) is 0 Å². The lowest BCUT2D eigenvalue weighted by molar-refractivity contribution is -0.130. The molecule has 3 heterocycles. The number of fused-ring (bicyclic) bond motifs is 1. The smallest absolute Gasteiger partial charge is 0.227 e. The maximum Gasteiger partial charge on any atom is 0.227 e. The Labute approximate surface area is 183 Å². The average molecular weight is 424 g/mol. The van der Waals surface area contributed by atoms with Crippen molar-refractivity contribution in [3.8, 4) is 0 Å². The Morgan fingerprint density at radius 2 is 1.81 bits per heavy atom. The van der Waals surface area contributed by atoms with Crippen LogP contribution < -0.4 is 4.90 Å². The van der Waals surface area contributed by atoms with Gasteiger partial charge >= 0.3 is 0 Å². The van der Waals surface area contributed by atoms with Crippen LogP contribution in [0.2, 0.25) is 0 Å². The molecule has 3 aliphatic rings. The van der Waals surface area contributed by atoms with E-state index in [4.69, 9.17) is 4.98 Å². The predicted octanol–water partition coefficient (Wildman–Crippen LogP) is 2.46. The fourth-order valence-electron chi connectivity index (χ4n) is 4.82. The second-order valence-corrected chi connectivity index (χ2v) is 8.90. The van der Waals surface area contributed by atoms with E-state index in [1.54, 1.807) is 18.2 Å². The number of anilines is 1. The van der Waals surface area contributed by atoms with Gasteiger partial charge in [0.15, 0.2) is 0 Å². The first-order valence-corrected chi connectivity index (χ1v) is 11.5. The molecule has 0 atom stereocenters. The molecule has 0 radical (unpaired) electrons. The van der Waals surface area contributed by atoms with E-state index in [2.05, 4.69) is 14.8 Å². The topological polar surface area (TPSA) is 52.6 Å². The summed E-state index contributed by atoms with van der Waals surface area (Å²) in [4.78, 5) is 29.1. The van der Waals surface area contributed by atoms with Crippen molar-refractivity contribution in [2.24, 2.45) is 0 Å². The molecule has 1 saturated heterocycles. The van der Waals surface area contributed by atoms with E-state index in [1.807, 2.05) is 11.1 Å². The van der Waals surface area contributed by atoms with Crippen molar-refractivity contribution < 1.29 is 9.18 Å². The van der Waals surface area contributed by atoms with E-state index in [9.17, 15) is 9.18 Å². The Hall–Kier alpha value is -2.54. The second kappa shape index (κ2) is 8.91. The van der Waals surface area contributed by atoms with Crippen LogP contribution in [0.1, 0.15) is 36.1 Å². The number of benzene rings is 1. The van der Waals surface area contributed by atoms with Gasteiger partial charge in [0.25, 0.3) is 0 Å². The number of hydrogen-bond acceptors (Lipinski definition) is 5. The maximum absolute atomic E-state index is 13.9. The Bertz CT molecular complexity index is 939. The van der Waals surface area contributed by atoms with Gasteiger partial charge in [-0.3, -0.25) is 9.69 Å². The molecule has 5 rings (SSSR count). The van der Waals surface area contributed by atoms with Gasteiger partial charge in [-0.25, -0.2) is 14.4 Å². The molecule has 31 heavy (non-hydrogen) atoms. The quantitative estimate of drug-likeness (QED) is 0.756. The highest BCUT2D eigenvalue weighted by Crippen LogP contribution is 2.26. The highest BCUT2D eigenvalue weighted by Gasteiger charge is 2.29. The molecule has 164 valence electrons. The summed E-state index contributed by atoms with van der Waals surface area (Å²) in [6.07, 6.45) is 7.58. The Kier molecular flexibility index (Phi) is 5.85. The fraction of sp³-hybridized carbons (Fsp3) is 0.542.